The number of urea groups is 1. The normalized spacial score (nSPS) is 20.3. The summed E-state index contributed by atoms with van der Waals surface area (Å²) >= 11 is 0. The molecule has 9 nitrogen and oxygen atoms in total. The SMILES string of the molecule is C#CCN1CC(=O)N2[C@@H](C(C)CC)C(=O)N(CCc3ccc(OC)cc3)C[C@@H]2N1C(=O)NCc1ccccc1. The summed E-state index contributed by atoms with van der Waals surface area (Å²) in [5.74, 6) is 2.98. The van der Waals surface area contributed by atoms with Gasteiger partial charge in [-0.25, -0.2) is 9.80 Å². The number of hydrogen-bond donors (Lipinski definition) is 1. The van der Waals surface area contributed by atoms with E-state index in [2.05, 4.69) is 11.2 Å². The van der Waals surface area contributed by atoms with Gasteiger partial charge in [0.15, 0.2) is 0 Å². The second-order valence-electron chi connectivity index (χ2n) is 10.0. The molecule has 39 heavy (non-hydrogen) atoms. The standard InChI is InChI=1S/C30H37N5O4/c1-5-17-33-21-27(36)34-26(35(33)30(38)31-19-24-10-8-7-9-11-24)20-32(29(37)28(34)22(3)6-2)18-16-23-12-14-25(39-4)15-13-23/h1,7-15,22,26,28H,6,16-21H2,2-4H3,(H,31,38)/t22?,26-,28-/m0/s1. The van der Waals surface area contributed by atoms with Crippen LogP contribution in [0.5, 0.6) is 5.75 Å². The van der Waals surface area contributed by atoms with E-state index >= 15 is 0 Å². The van der Waals surface area contributed by atoms with Gasteiger partial charge in [0, 0.05) is 13.1 Å². The summed E-state index contributed by atoms with van der Waals surface area (Å²) in [6.07, 6.45) is 6.32. The van der Waals surface area contributed by atoms with Crippen molar-refractivity contribution in [3.05, 3.63) is 65.7 Å². The monoisotopic (exact) mass is 531 g/mol. The van der Waals surface area contributed by atoms with Crippen LogP contribution in [0.2, 0.25) is 0 Å². The molecule has 2 heterocycles. The number of methoxy groups -OCH3 is 1. The third-order valence-corrected chi connectivity index (χ3v) is 7.54. The van der Waals surface area contributed by atoms with Crippen molar-refractivity contribution in [1.82, 2.24) is 25.1 Å². The second kappa shape index (κ2) is 12.7. The van der Waals surface area contributed by atoms with E-state index < -0.39 is 12.2 Å². The van der Waals surface area contributed by atoms with Gasteiger partial charge in [0.05, 0.1) is 26.7 Å². The Bertz CT molecular complexity index is 1200. The lowest BCUT2D eigenvalue weighted by molar-refractivity contribution is -0.192. The van der Waals surface area contributed by atoms with Crippen LogP contribution in [-0.4, -0.2) is 83.2 Å². The summed E-state index contributed by atoms with van der Waals surface area (Å²) in [6, 6.07) is 16.4. The van der Waals surface area contributed by atoms with E-state index in [1.807, 2.05) is 68.4 Å². The predicted octanol–water partition coefficient (Wildman–Crippen LogP) is 2.72. The molecule has 2 aromatic carbocycles. The van der Waals surface area contributed by atoms with E-state index in [1.165, 1.54) is 0 Å². The molecule has 2 saturated heterocycles. The van der Waals surface area contributed by atoms with E-state index in [4.69, 9.17) is 11.2 Å². The number of amides is 4. The highest BCUT2D eigenvalue weighted by molar-refractivity contribution is 5.91. The highest BCUT2D eigenvalue weighted by Gasteiger charge is 2.52. The van der Waals surface area contributed by atoms with Gasteiger partial charge >= 0.3 is 6.03 Å². The summed E-state index contributed by atoms with van der Waals surface area (Å²) in [5.41, 5.74) is 2.02. The number of ether oxygens (including phenoxy) is 1. The smallest absolute Gasteiger partial charge is 0.334 e. The molecule has 0 saturated carbocycles. The predicted molar refractivity (Wildman–Crippen MR) is 148 cm³/mol. The molecule has 2 aliphatic rings. The number of nitrogens with zero attached hydrogens (tertiary/aromatic N) is 4. The first-order chi connectivity index (χ1) is 18.9. The zero-order valence-corrected chi connectivity index (χ0v) is 22.9. The molecule has 2 fully saturated rings. The van der Waals surface area contributed by atoms with Gasteiger partial charge in [0.25, 0.3) is 0 Å². The Morgan fingerprint density at radius 2 is 1.85 bits per heavy atom. The molecule has 1 N–H and O–H groups in total. The van der Waals surface area contributed by atoms with Gasteiger partial charge in [-0.15, -0.1) is 6.42 Å². The fourth-order valence-electron chi connectivity index (χ4n) is 5.24. The molecule has 4 amide bonds. The number of fused-ring (bicyclic) bond motifs is 1. The molecular formula is C30H37N5O4. The van der Waals surface area contributed by atoms with Gasteiger partial charge < -0.3 is 19.9 Å². The largest absolute Gasteiger partial charge is 0.497 e. The Morgan fingerprint density at radius 3 is 2.49 bits per heavy atom. The molecule has 4 rings (SSSR count). The Morgan fingerprint density at radius 1 is 1.13 bits per heavy atom. The Hall–Kier alpha value is -4.03. The van der Waals surface area contributed by atoms with Gasteiger partial charge in [-0.1, -0.05) is 68.7 Å². The number of rotatable bonds is 9. The molecule has 2 aliphatic heterocycles. The van der Waals surface area contributed by atoms with Crippen LogP contribution in [-0.2, 0) is 22.6 Å². The average molecular weight is 532 g/mol. The molecule has 0 bridgehead atoms. The van der Waals surface area contributed by atoms with Gasteiger partial charge in [0.1, 0.15) is 18.0 Å². The zero-order valence-electron chi connectivity index (χ0n) is 22.9. The second-order valence-corrected chi connectivity index (χ2v) is 10.0. The fraction of sp³-hybridized carbons (Fsp3) is 0.433. The molecule has 0 radical (unpaired) electrons. The molecule has 0 spiro atoms. The van der Waals surface area contributed by atoms with Crippen molar-refractivity contribution in [2.45, 2.75) is 45.4 Å². The van der Waals surface area contributed by atoms with Crippen molar-refractivity contribution in [3.63, 3.8) is 0 Å². The molecule has 3 atom stereocenters. The number of hydrazine groups is 1. The fourth-order valence-corrected chi connectivity index (χ4v) is 5.24. The first-order valence-electron chi connectivity index (χ1n) is 13.4. The molecule has 9 heteroatoms. The number of carbonyl (C=O) groups is 3. The highest BCUT2D eigenvalue weighted by Crippen LogP contribution is 2.31. The third-order valence-electron chi connectivity index (χ3n) is 7.54. The minimum Gasteiger partial charge on any atom is -0.497 e. The van der Waals surface area contributed by atoms with E-state index in [0.29, 0.717) is 25.9 Å². The van der Waals surface area contributed by atoms with Gasteiger partial charge in [-0.2, -0.15) is 5.01 Å². The number of nitrogens with one attached hydrogen (secondary N) is 1. The summed E-state index contributed by atoms with van der Waals surface area (Å²) in [6.45, 7) is 5.02. The number of hydrogen-bond acceptors (Lipinski definition) is 5. The topological polar surface area (TPSA) is 85.4 Å². The van der Waals surface area contributed by atoms with Crippen LogP contribution >= 0.6 is 0 Å². The quantitative estimate of drug-likeness (QED) is 0.503. The number of terminal acetylenes is 1. The highest BCUT2D eigenvalue weighted by atomic mass is 16.5. The van der Waals surface area contributed by atoms with Crippen molar-refractivity contribution >= 4 is 17.8 Å². The summed E-state index contributed by atoms with van der Waals surface area (Å²) in [5, 5.41) is 6.14. The Labute approximate surface area is 230 Å². The minimum atomic E-state index is -0.664. The van der Waals surface area contributed by atoms with Crippen LogP contribution < -0.4 is 10.1 Å². The van der Waals surface area contributed by atoms with Crippen molar-refractivity contribution in [2.75, 3.05) is 33.3 Å². The maximum absolute atomic E-state index is 13.8. The number of carbonyl (C=O) groups excluding carboxylic acids is 3. The maximum Gasteiger partial charge on any atom is 0.334 e. The maximum atomic E-state index is 13.8. The van der Waals surface area contributed by atoms with Crippen molar-refractivity contribution in [3.8, 4) is 18.1 Å². The molecule has 0 aliphatic carbocycles. The summed E-state index contributed by atoms with van der Waals surface area (Å²) < 4.78 is 5.25. The molecule has 1 unspecified atom stereocenters. The van der Waals surface area contributed by atoms with E-state index in [1.54, 1.807) is 26.9 Å². The first kappa shape index (κ1) is 28.0. The van der Waals surface area contributed by atoms with Crippen LogP contribution in [0.25, 0.3) is 0 Å². The first-order valence-corrected chi connectivity index (χ1v) is 13.4. The van der Waals surface area contributed by atoms with Crippen LogP contribution in [0.3, 0.4) is 0 Å². The van der Waals surface area contributed by atoms with Gasteiger partial charge in [-0.3, -0.25) is 9.59 Å². The minimum absolute atomic E-state index is 0.0640. The molecule has 2 aromatic rings. The summed E-state index contributed by atoms with van der Waals surface area (Å²) in [7, 11) is 1.62. The molecule has 0 aromatic heterocycles. The van der Waals surface area contributed by atoms with Gasteiger partial charge in [0.2, 0.25) is 11.8 Å². The lowest BCUT2D eigenvalue weighted by Crippen LogP contribution is -2.77. The number of benzene rings is 2. The van der Waals surface area contributed by atoms with Crippen molar-refractivity contribution in [1.29, 1.82) is 0 Å². The van der Waals surface area contributed by atoms with Crippen LogP contribution in [0.4, 0.5) is 4.79 Å². The van der Waals surface area contributed by atoms with Crippen molar-refractivity contribution in [2.24, 2.45) is 5.92 Å². The van der Waals surface area contributed by atoms with E-state index in [9.17, 15) is 14.4 Å². The van der Waals surface area contributed by atoms with Crippen molar-refractivity contribution < 1.29 is 19.1 Å². The van der Waals surface area contributed by atoms with E-state index in [0.717, 1.165) is 16.9 Å². The lowest BCUT2D eigenvalue weighted by Gasteiger charge is -2.55. The van der Waals surface area contributed by atoms with E-state index in [-0.39, 0.29) is 43.4 Å². The van der Waals surface area contributed by atoms with Crippen LogP contribution in [0.15, 0.2) is 54.6 Å². The van der Waals surface area contributed by atoms with Crippen LogP contribution in [0.1, 0.15) is 31.4 Å². The third kappa shape index (κ3) is 6.18. The summed E-state index contributed by atoms with van der Waals surface area (Å²) in [4.78, 5) is 44.3. The Kier molecular flexibility index (Phi) is 9.10. The lowest BCUT2D eigenvalue weighted by atomic mass is 9.92. The number of piperazine rings is 1. The van der Waals surface area contributed by atoms with Gasteiger partial charge in [-0.05, 0) is 35.6 Å². The Balaban J connectivity index is 1.61. The average Bonchev–Trinajstić information content (AvgIpc) is 2.96. The zero-order chi connectivity index (χ0) is 27.9. The molecule has 206 valence electrons. The molecular weight excluding hydrogens is 494 g/mol. The van der Waals surface area contributed by atoms with Crippen LogP contribution in [0, 0.1) is 18.3 Å².